The van der Waals surface area contributed by atoms with Crippen molar-refractivity contribution in [2.45, 2.75) is 113 Å². The summed E-state index contributed by atoms with van der Waals surface area (Å²) in [6.45, 7) is 12.1. The number of methoxy groups -OCH3 is 2. The molecule has 5 heterocycles. The molecular weight excluding hydrogens is 1150 g/mol. The third kappa shape index (κ3) is 14.3. The molecule has 8 atom stereocenters. The van der Waals surface area contributed by atoms with Crippen molar-refractivity contribution < 1.29 is 66.7 Å². The third-order valence-corrected chi connectivity index (χ3v) is 17.0. The van der Waals surface area contributed by atoms with Crippen molar-refractivity contribution >= 4 is 57.7 Å². The van der Waals surface area contributed by atoms with E-state index in [1.165, 1.54) is 9.80 Å². The van der Waals surface area contributed by atoms with Crippen LogP contribution in [-0.2, 0) is 38.1 Å². The highest BCUT2D eigenvalue weighted by molar-refractivity contribution is 5.97. The number of ether oxygens (including phenoxy) is 8. The Morgan fingerprint density at radius 2 is 1.34 bits per heavy atom. The Morgan fingerprint density at radius 1 is 0.733 bits per heavy atom. The molecule has 0 radical (unpaired) electrons. The molecule has 2 saturated heterocycles. The Bertz CT molecular complexity index is 3640. The van der Waals surface area contributed by atoms with E-state index in [0.29, 0.717) is 65.4 Å². The Kier molecular flexibility index (Phi) is 20.3. The van der Waals surface area contributed by atoms with Gasteiger partial charge in [0.25, 0.3) is 0 Å². The van der Waals surface area contributed by atoms with Gasteiger partial charge in [0.15, 0.2) is 0 Å². The maximum atomic E-state index is 13.8. The van der Waals surface area contributed by atoms with E-state index in [1.807, 2.05) is 127 Å². The highest BCUT2D eigenvalue weighted by atomic mass is 16.6. The maximum Gasteiger partial charge on any atom is 0.410 e. The summed E-state index contributed by atoms with van der Waals surface area (Å²) in [6.07, 6.45) is 11.1. The molecule has 2 aliphatic carbocycles. The number of esters is 2. The fourth-order valence-corrected chi connectivity index (χ4v) is 11.9. The van der Waals surface area contributed by atoms with Gasteiger partial charge in [-0.1, -0.05) is 85.0 Å². The summed E-state index contributed by atoms with van der Waals surface area (Å²) in [6, 6.07) is 32.6. The summed E-state index contributed by atoms with van der Waals surface area (Å²) >= 11 is 0. The van der Waals surface area contributed by atoms with Gasteiger partial charge < -0.3 is 48.5 Å². The van der Waals surface area contributed by atoms with Crippen LogP contribution in [0.4, 0.5) is 9.59 Å². The van der Waals surface area contributed by atoms with Crippen molar-refractivity contribution in [3.8, 4) is 45.5 Å². The highest BCUT2D eigenvalue weighted by Crippen LogP contribution is 2.48. The van der Waals surface area contributed by atoms with Crippen LogP contribution in [0.2, 0.25) is 0 Å². The quantitative estimate of drug-likeness (QED) is 0.0313. The molecule has 3 aliphatic heterocycles. The van der Waals surface area contributed by atoms with E-state index < -0.39 is 71.3 Å². The van der Waals surface area contributed by atoms with Gasteiger partial charge >= 0.3 is 24.1 Å². The number of pyridine rings is 2. The van der Waals surface area contributed by atoms with Crippen molar-refractivity contribution in [1.82, 2.24) is 30.4 Å². The molecule has 2 aromatic heterocycles. The lowest BCUT2D eigenvalue weighted by Crippen LogP contribution is -2.53. The first-order chi connectivity index (χ1) is 43.7. The molecule has 2 saturated carbocycles. The fraction of sp³-hybridized carbons (Fsp3) is 0.400. The number of unbranched alkanes of at least 4 members (excludes halogenated alkanes) is 2. The number of likely N-dealkylation sites (tertiary alicyclic amines) is 1. The van der Waals surface area contributed by atoms with E-state index in [9.17, 15) is 28.8 Å². The number of cyclic esters (lactones) is 1. The number of benzene rings is 4. The van der Waals surface area contributed by atoms with Crippen LogP contribution in [0.15, 0.2) is 147 Å². The van der Waals surface area contributed by atoms with Gasteiger partial charge in [0.05, 0.1) is 76.2 Å². The number of fused-ring (bicyclic) bond motifs is 4. The first-order valence-corrected chi connectivity index (χ1v) is 30.9. The van der Waals surface area contributed by atoms with Crippen LogP contribution in [0.1, 0.15) is 78.1 Å². The molecule has 472 valence electrons. The first-order valence-electron chi connectivity index (χ1n) is 30.9. The summed E-state index contributed by atoms with van der Waals surface area (Å²) in [4.78, 5) is 92.7. The second kappa shape index (κ2) is 28.8. The first kappa shape index (κ1) is 63.6. The summed E-state index contributed by atoms with van der Waals surface area (Å²) in [7, 11) is 3.20. The van der Waals surface area contributed by atoms with Crippen LogP contribution in [-0.4, -0.2) is 145 Å². The van der Waals surface area contributed by atoms with Gasteiger partial charge in [-0.15, -0.1) is 13.2 Å². The summed E-state index contributed by atoms with van der Waals surface area (Å²) in [5, 5.41) is 7.40. The number of nitrogens with zero attached hydrogens (tertiary/aromatic N) is 4. The van der Waals surface area contributed by atoms with E-state index in [4.69, 9.17) is 47.9 Å². The molecular formula is C70H78N6O14. The van der Waals surface area contributed by atoms with Crippen molar-refractivity contribution in [3.63, 3.8) is 0 Å². The van der Waals surface area contributed by atoms with Gasteiger partial charge in [-0.25, -0.2) is 29.1 Å². The molecule has 90 heavy (non-hydrogen) atoms. The second-order valence-electron chi connectivity index (χ2n) is 23.0. The molecule has 5 aliphatic rings. The molecule has 0 unspecified atom stereocenters. The van der Waals surface area contributed by atoms with E-state index in [2.05, 4.69) is 23.8 Å². The van der Waals surface area contributed by atoms with Crippen molar-refractivity contribution in [3.05, 3.63) is 147 Å². The van der Waals surface area contributed by atoms with E-state index >= 15 is 0 Å². The standard InChI is InChI=1S/C36H41N3O7.C34H37N3O7/c1-5-8-9-13-18-45-35(42)39-23-27(20-31(39)33(40)38-36(22-25(36)6-2)34(41)44-7-3)46-32-21-29(24-14-11-10-12-15-24)37-30-19-26(43-4)16-17-28(30)32;1-3-42-32(39)34-20-23(34)13-9-4-5-10-16-43-33(40)37-21-25(18-29(37)31(38)36-34)44-30-19-27(22-11-7-6-8-12-22)35-28-17-24(41-2)14-15-26(28)30/h5-6,10-12,14-17,19,21,25,27,31H,1-2,7-9,13,18,20,22-23H2,3-4H3,(H,38,40);6-9,11-15,17,19,23,25,29H,3-5,10,16,18,20-21H2,1-2H3,(H,36,38)/b;13-9-/t25-,27-,31+,36-;23-,25-,29+,34-/m11/s1. The number of allylic oxidation sites excluding steroid dienone is 2. The largest absolute Gasteiger partial charge is 0.497 e. The van der Waals surface area contributed by atoms with Gasteiger partial charge in [-0.2, -0.15) is 0 Å². The topological polar surface area (TPSA) is 233 Å². The van der Waals surface area contributed by atoms with Crippen LogP contribution < -0.4 is 29.6 Å². The summed E-state index contributed by atoms with van der Waals surface area (Å²) in [5.41, 5.74) is 2.31. The monoisotopic (exact) mass is 1230 g/mol. The van der Waals surface area contributed by atoms with Crippen LogP contribution in [0.3, 0.4) is 0 Å². The molecule has 0 spiro atoms. The van der Waals surface area contributed by atoms with Gasteiger partial charge in [-0.05, 0) is 89.5 Å². The minimum Gasteiger partial charge on any atom is -0.497 e. The minimum absolute atomic E-state index is 0.113. The van der Waals surface area contributed by atoms with Gasteiger partial charge in [0.2, 0.25) is 11.8 Å². The minimum atomic E-state index is -1.20. The van der Waals surface area contributed by atoms with Gasteiger partial charge in [-0.3, -0.25) is 19.4 Å². The Morgan fingerprint density at radius 3 is 1.92 bits per heavy atom. The second-order valence-corrected chi connectivity index (χ2v) is 23.0. The van der Waals surface area contributed by atoms with Crippen LogP contribution in [0, 0.1) is 11.8 Å². The maximum absolute atomic E-state index is 13.8. The lowest BCUT2D eigenvalue weighted by atomic mass is 10.1. The number of hydrogen-bond acceptors (Lipinski definition) is 16. The van der Waals surface area contributed by atoms with Crippen LogP contribution >= 0.6 is 0 Å². The highest BCUT2D eigenvalue weighted by Gasteiger charge is 2.63. The Balaban J connectivity index is 0.000000198. The average molecular weight is 1230 g/mol. The van der Waals surface area contributed by atoms with Crippen LogP contribution in [0.25, 0.3) is 44.3 Å². The van der Waals surface area contributed by atoms with E-state index in [0.717, 1.165) is 53.3 Å². The Labute approximate surface area is 523 Å². The molecule has 4 fully saturated rings. The average Bonchev–Trinajstić information content (AvgIpc) is 1.61. The molecule has 11 rings (SSSR count). The SMILES string of the molecule is C=CCCCCOC(=O)N1C[C@H](Oc2cc(-c3ccccc3)nc3cc(OC)ccc23)C[C@H]1C(=O)N[C@]1(C(=O)OCC)C[C@H]1C=C.CCOC(=O)[C@@]12C[C@H]1/C=C\CCCCOC(=O)N1C[C@H](Oc3cc(-c4ccccc4)nc4cc(OC)ccc34)C[C@H]1C(=O)N2. The number of hydrogen-bond donors (Lipinski definition) is 2. The zero-order valence-electron chi connectivity index (χ0n) is 51.4. The van der Waals surface area contributed by atoms with E-state index in [1.54, 1.807) is 34.1 Å². The normalized spacial score (nSPS) is 23.8. The number of carbonyl (C=O) groups is 6. The number of nitrogens with one attached hydrogen (secondary N) is 2. The van der Waals surface area contributed by atoms with Crippen molar-refractivity contribution in [1.29, 1.82) is 0 Å². The smallest absolute Gasteiger partial charge is 0.410 e. The zero-order valence-corrected chi connectivity index (χ0v) is 51.4. The molecule has 0 bridgehead atoms. The van der Waals surface area contributed by atoms with Crippen LogP contribution in [0.5, 0.6) is 23.0 Å². The van der Waals surface area contributed by atoms with E-state index in [-0.39, 0.29) is 64.2 Å². The number of aromatic nitrogens is 2. The number of amides is 4. The third-order valence-electron chi connectivity index (χ3n) is 17.0. The molecule has 4 amide bonds. The molecule has 4 aromatic carbocycles. The lowest BCUT2D eigenvalue weighted by molar-refractivity contribution is -0.150. The zero-order chi connectivity index (χ0) is 63.4. The number of rotatable bonds is 20. The molecule has 20 nitrogen and oxygen atoms in total. The summed E-state index contributed by atoms with van der Waals surface area (Å²) in [5.74, 6) is 0.188. The Hall–Kier alpha value is -9.46. The predicted octanol–water partition coefficient (Wildman–Crippen LogP) is 10.9. The predicted molar refractivity (Wildman–Crippen MR) is 338 cm³/mol. The van der Waals surface area contributed by atoms with Gasteiger partial charge in [0.1, 0.15) is 58.4 Å². The fourth-order valence-electron chi connectivity index (χ4n) is 11.9. The van der Waals surface area contributed by atoms with Crippen molar-refractivity contribution in [2.24, 2.45) is 11.8 Å². The molecule has 20 heteroatoms. The van der Waals surface area contributed by atoms with Gasteiger partial charge in [0, 0.05) is 70.8 Å². The molecule has 6 aromatic rings. The number of carbonyl (C=O) groups excluding carboxylic acids is 6. The van der Waals surface area contributed by atoms with Crippen molar-refractivity contribution in [2.75, 3.05) is 53.7 Å². The lowest BCUT2D eigenvalue weighted by Gasteiger charge is -2.25. The molecule has 2 N–H and O–H groups in total. The summed E-state index contributed by atoms with van der Waals surface area (Å²) < 4.78 is 45.8.